The number of aryl methyl sites for hydroxylation is 1. The number of allylic oxidation sites excluding steroid dienone is 1. The first-order valence-electron chi connectivity index (χ1n) is 8.15. The van der Waals surface area contributed by atoms with Crippen LogP contribution in [0.25, 0.3) is 0 Å². The number of halogens is 1. The molecule has 0 unspecified atom stereocenters. The van der Waals surface area contributed by atoms with E-state index in [1.807, 2.05) is 32.2 Å². The van der Waals surface area contributed by atoms with Gasteiger partial charge in [0.2, 0.25) is 0 Å². The Hall–Kier alpha value is -2.39. The third-order valence-corrected chi connectivity index (χ3v) is 5.26. The highest BCUT2D eigenvalue weighted by molar-refractivity contribution is 9.10. The maximum Gasteiger partial charge on any atom is 0.257 e. The fraction of sp³-hybridized carbons (Fsp3) is 0.278. The van der Waals surface area contributed by atoms with Crippen molar-refractivity contribution in [3.8, 4) is 5.75 Å². The number of rotatable bonds is 4. The lowest BCUT2D eigenvalue weighted by molar-refractivity contribution is -0.113. The Kier molecular flexibility index (Phi) is 5.52. The molecule has 27 heavy (non-hydrogen) atoms. The van der Waals surface area contributed by atoms with Gasteiger partial charge >= 0.3 is 0 Å². The maximum absolute atomic E-state index is 13.1. The molecule has 0 spiro atoms. The fourth-order valence-electron chi connectivity index (χ4n) is 2.90. The van der Waals surface area contributed by atoms with E-state index in [0.29, 0.717) is 28.0 Å². The minimum Gasteiger partial charge on any atom is -0.496 e. The number of benzene rings is 1. The van der Waals surface area contributed by atoms with Gasteiger partial charge in [0.05, 0.1) is 18.7 Å². The number of amides is 1. The van der Waals surface area contributed by atoms with E-state index in [-0.39, 0.29) is 5.91 Å². The van der Waals surface area contributed by atoms with E-state index < -0.39 is 6.04 Å². The number of nitrogens with one attached hydrogen (secondary N) is 2. The third-order valence-electron chi connectivity index (χ3n) is 4.37. The van der Waals surface area contributed by atoms with Gasteiger partial charge in [0.25, 0.3) is 5.91 Å². The summed E-state index contributed by atoms with van der Waals surface area (Å²) >= 11 is 8.92. The molecule has 1 aromatic carbocycles. The van der Waals surface area contributed by atoms with Gasteiger partial charge in [-0.2, -0.15) is 0 Å². The van der Waals surface area contributed by atoms with Crippen LogP contribution in [0.2, 0.25) is 0 Å². The molecule has 1 aliphatic heterocycles. The van der Waals surface area contributed by atoms with Gasteiger partial charge in [-0.1, -0.05) is 21.1 Å². The molecular formula is C18H19BrN4O3S. The summed E-state index contributed by atoms with van der Waals surface area (Å²) in [6, 6.07) is 6.81. The third kappa shape index (κ3) is 3.84. The van der Waals surface area contributed by atoms with Crippen molar-refractivity contribution in [2.24, 2.45) is 0 Å². The van der Waals surface area contributed by atoms with E-state index in [1.165, 1.54) is 0 Å². The van der Waals surface area contributed by atoms with Gasteiger partial charge in [0.15, 0.2) is 10.9 Å². The molecule has 2 aromatic rings. The van der Waals surface area contributed by atoms with Gasteiger partial charge in [-0.05, 0) is 44.3 Å². The lowest BCUT2D eigenvalue weighted by Crippen LogP contribution is -2.46. The first-order chi connectivity index (χ1) is 12.8. The molecule has 9 heteroatoms. The molecule has 0 saturated carbocycles. The average molecular weight is 451 g/mol. The van der Waals surface area contributed by atoms with E-state index in [0.717, 1.165) is 15.7 Å². The lowest BCUT2D eigenvalue weighted by Gasteiger charge is -2.36. The Morgan fingerprint density at radius 2 is 2.15 bits per heavy atom. The molecule has 0 fully saturated rings. The van der Waals surface area contributed by atoms with Gasteiger partial charge in [-0.15, -0.1) is 0 Å². The van der Waals surface area contributed by atoms with Crippen molar-refractivity contribution in [1.29, 1.82) is 0 Å². The van der Waals surface area contributed by atoms with Crippen molar-refractivity contribution in [1.82, 2.24) is 15.4 Å². The first-order valence-corrected chi connectivity index (χ1v) is 9.35. The second kappa shape index (κ2) is 7.69. The van der Waals surface area contributed by atoms with Crippen LogP contribution in [0.5, 0.6) is 5.75 Å². The van der Waals surface area contributed by atoms with Crippen LogP contribution in [0.15, 0.2) is 44.5 Å². The van der Waals surface area contributed by atoms with Crippen LogP contribution in [-0.4, -0.2) is 35.2 Å². The zero-order chi connectivity index (χ0) is 19.7. The highest BCUT2D eigenvalue weighted by Gasteiger charge is 2.34. The molecule has 1 atom stereocenters. The Morgan fingerprint density at radius 1 is 1.41 bits per heavy atom. The molecule has 142 valence electrons. The number of methoxy groups -OCH3 is 1. The van der Waals surface area contributed by atoms with Crippen LogP contribution in [0.1, 0.15) is 24.3 Å². The molecule has 2 N–H and O–H groups in total. The second-order valence-corrected chi connectivity index (χ2v) is 7.41. The number of thiocarbonyl (C=S) groups is 1. The summed E-state index contributed by atoms with van der Waals surface area (Å²) in [6.45, 7) is 3.62. The summed E-state index contributed by atoms with van der Waals surface area (Å²) in [5.41, 5.74) is 2.05. The van der Waals surface area contributed by atoms with Crippen molar-refractivity contribution in [3.05, 3.63) is 51.3 Å². The van der Waals surface area contributed by atoms with Crippen LogP contribution >= 0.6 is 28.1 Å². The molecule has 1 aliphatic rings. The number of nitrogens with zero attached hydrogens (tertiary/aromatic N) is 2. The number of ether oxygens (including phenoxy) is 1. The molecule has 0 aliphatic carbocycles. The number of aromatic nitrogens is 1. The zero-order valence-corrected chi connectivity index (χ0v) is 17.7. The van der Waals surface area contributed by atoms with Gasteiger partial charge in [-0.25, -0.2) is 0 Å². The Labute approximate surface area is 170 Å². The van der Waals surface area contributed by atoms with Gasteiger partial charge < -0.3 is 24.8 Å². The summed E-state index contributed by atoms with van der Waals surface area (Å²) in [5.74, 6) is 1.32. The summed E-state index contributed by atoms with van der Waals surface area (Å²) in [5, 5.41) is 10.4. The number of anilines is 1. The molecule has 0 radical (unpaired) electrons. The summed E-state index contributed by atoms with van der Waals surface area (Å²) in [7, 11) is 3.40. The fourth-order valence-corrected chi connectivity index (χ4v) is 3.54. The predicted octanol–water partition coefficient (Wildman–Crippen LogP) is 3.53. The number of hydrogen-bond donors (Lipinski definition) is 2. The van der Waals surface area contributed by atoms with E-state index in [9.17, 15) is 4.79 Å². The van der Waals surface area contributed by atoms with Gasteiger partial charge in [0, 0.05) is 28.8 Å². The van der Waals surface area contributed by atoms with Crippen molar-refractivity contribution in [2.75, 3.05) is 19.5 Å². The molecule has 7 nitrogen and oxygen atoms in total. The van der Waals surface area contributed by atoms with Gasteiger partial charge in [-0.3, -0.25) is 4.79 Å². The quantitative estimate of drug-likeness (QED) is 0.689. The molecule has 2 heterocycles. The van der Waals surface area contributed by atoms with Crippen LogP contribution in [0, 0.1) is 6.92 Å². The topological polar surface area (TPSA) is 79.6 Å². The van der Waals surface area contributed by atoms with E-state index in [1.54, 1.807) is 25.0 Å². The molecule has 3 rings (SSSR count). The molecule has 1 aromatic heterocycles. The van der Waals surface area contributed by atoms with E-state index >= 15 is 0 Å². The van der Waals surface area contributed by atoms with Crippen LogP contribution in [0.4, 0.5) is 5.82 Å². The Morgan fingerprint density at radius 3 is 2.78 bits per heavy atom. The second-order valence-electron chi connectivity index (χ2n) is 6.10. The van der Waals surface area contributed by atoms with Crippen molar-refractivity contribution >= 4 is 45.0 Å². The van der Waals surface area contributed by atoms with Crippen LogP contribution in [-0.2, 0) is 4.79 Å². The average Bonchev–Trinajstić information content (AvgIpc) is 3.03. The predicted molar refractivity (Wildman–Crippen MR) is 110 cm³/mol. The summed E-state index contributed by atoms with van der Waals surface area (Å²) in [4.78, 5) is 14.9. The largest absolute Gasteiger partial charge is 0.496 e. The first kappa shape index (κ1) is 19.4. The molecule has 0 bridgehead atoms. The Balaban J connectivity index is 2.07. The number of hydrogen-bond acceptors (Lipinski definition) is 5. The highest BCUT2D eigenvalue weighted by Crippen LogP contribution is 2.36. The SMILES string of the molecule is COc1ccc(Br)cc1[C@H]1NC(=S)N(C)C(C)=C1C(=O)Nc1cc(C)on1. The van der Waals surface area contributed by atoms with E-state index in [2.05, 4.69) is 31.7 Å². The normalized spacial score (nSPS) is 17.0. The van der Waals surface area contributed by atoms with Crippen LogP contribution < -0.4 is 15.4 Å². The number of carbonyl (C=O) groups is 1. The Bertz CT molecular complexity index is 940. The summed E-state index contributed by atoms with van der Waals surface area (Å²) < 4.78 is 11.4. The molecule has 0 saturated heterocycles. The number of carbonyl (C=O) groups excluding carboxylic acids is 1. The van der Waals surface area contributed by atoms with Crippen LogP contribution in [0.3, 0.4) is 0 Å². The maximum atomic E-state index is 13.1. The van der Waals surface area contributed by atoms with Crippen molar-refractivity contribution in [2.45, 2.75) is 19.9 Å². The van der Waals surface area contributed by atoms with Crippen molar-refractivity contribution in [3.63, 3.8) is 0 Å². The summed E-state index contributed by atoms with van der Waals surface area (Å²) in [6.07, 6.45) is 0. The standard InChI is InChI=1S/C18H19BrN4O3S/c1-9-7-14(22-26-9)20-17(24)15-10(2)23(3)18(27)21-16(15)12-8-11(19)5-6-13(12)25-4/h5-8,16H,1-4H3,(H,21,27)(H,20,22,24)/t16-/m1/s1. The van der Waals surface area contributed by atoms with Gasteiger partial charge in [0.1, 0.15) is 11.5 Å². The highest BCUT2D eigenvalue weighted by atomic mass is 79.9. The minimum atomic E-state index is -0.478. The zero-order valence-electron chi connectivity index (χ0n) is 15.3. The smallest absolute Gasteiger partial charge is 0.257 e. The molecular weight excluding hydrogens is 432 g/mol. The monoisotopic (exact) mass is 450 g/mol. The van der Waals surface area contributed by atoms with Crippen molar-refractivity contribution < 1.29 is 14.1 Å². The lowest BCUT2D eigenvalue weighted by atomic mass is 9.93. The molecule has 1 amide bonds. The minimum absolute atomic E-state index is 0.297. The van der Waals surface area contributed by atoms with E-state index in [4.69, 9.17) is 21.5 Å².